The van der Waals surface area contributed by atoms with Crippen LogP contribution >= 0.6 is 0 Å². The Morgan fingerprint density at radius 1 is 1.20 bits per heavy atom. The molecule has 1 aromatic carbocycles. The lowest BCUT2D eigenvalue weighted by atomic mass is 9.75. The summed E-state index contributed by atoms with van der Waals surface area (Å²) in [7, 11) is 0. The summed E-state index contributed by atoms with van der Waals surface area (Å²) in [5, 5.41) is 9.12. The molecule has 1 aliphatic carbocycles. The van der Waals surface area contributed by atoms with Gasteiger partial charge in [0.25, 0.3) is 0 Å². The Balaban J connectivity index is 2.18. The van der Waals surface area contributed by atoms with Crippen molar-refractivity contribution in [2.75, 3.05) is 0 Å². The molecule has 0 aliphatic heterocycles. The van der Waals surface area contributed by atoms with E-state index in [0.717, 1.165) is 25.7 Å². The SMILES string of the molecule is CC1(C)CCCCC1OC(=O)c1ccccc1C(=O)O. The quantitative estimate of drug-likeness (QED) is 0.858. The third-order valence-corrected chi connectivity index (χ3v) is 4.04. The van der Waals surface area contributed by atoms with Gasteiger partial charge < -0.3 is 9.84 Å². The maximum absolute atomic E-state index is 12.2. The molecule has 0 spiro atoms. The third kappa shape index (κ3) is 3.00. The third-order valence-electron chi connectivity index (χ3n) is 4.04. The summed E-state index contributed by atoms with van der Waals surface area (Å²) in [5.41, 5.74) is 0.0685. The highest BCUT2D eigenvalue weighted by molar-refractivity contribution is 6.02. The van der Waals surface area contributed by atoms with Crippen LogP contribution in [0.25, 0.3) is 0 Å². The number of carbonyl (C=O) groups is 2. The maximum Gasteiger partial charge on any atom is 0.339 e. The van der Waals surface area contributed by atoms with Crippen LogP contribution in [0.2, 0.25) is 0 Å². The smallest absolute Gasteiger partial charge is 0.339 e. The van der Waals surface area contributed by atoms with Crippen LogP contribution in [-0.4, -0.2) is 23.1 Å². The minimum Gasteiger partial charge on any atom is -0.478 e. The zero-order valence-electron chi connectivity index (χ0n) is 11.9. The number of benzene rings is 1. The molecule has 0 bridgehead atoms. The fraction of sp³-hybridized carbons (Fsp3) is 0.500. The van der Waals surface area contributed by atoms with Gasteiger partial charge in [0.05, 0.1) is 11.1 Å². The molecule has 2 rings (SSSR count). The van der Waals surface area contributed by atoms with Crippen LogP contribution in [0.5, 0.6) is 0 Å². The Labute approximate surface area is 118 Å². The van der Waals surface area contributed by atoms with Crippen LogP contribution in [0, 0.1) is 5.41 Å². The van der Waals surface area contributed by atoms with Gasteiger partial charge in [-0.1, -0.05) is 32.4 Å². The number of hydrogen-bond acceptors (Lipinski definition) is 3. The molecule has 4 heteroatoms. The van der Waals surface area contributed by atoms with Gasteiger partial charge in [-0.2, -0.15) is 0 Å². The number of carbonyl (C=O) groups excluding carboxylic acids is 1. The van der Waals surface area contributed by atoms with Gasteiger partial charge in [0.15, 0.2) is 0 Å². The summed E-state index contributed by atoms with van der Waals surface area (Å²) in [5.74, 6) is -1.65. The molecule has 0 heterocycles. The van der Waals surface area contributed by atoms with Crippen molar-refractivity contribution in [1.29, 1.82) is 0 Å². The lowest BCUT2D eigenvalue weighted by molar-refractivity contribution is -0.0265. The van der Waals surface area contributed by atoms with Gasteiger partial charge in [0, 0.05) is 5.41 Å². The molecule has 0 amide bonds. The lowest BCUT2D eigenvalue weighted by Crippen LogP contribution is -2.37. The fourth-order valence-corrected chi connectivity index (χ4v) is 2.72. The van der Waals surface area contributed by atoms with Crippen molar-refractivity contribution < 1.29 is 19.4 Å². The Morgan fingerprint density at radius 2 is 1.85 bits per heavy atom. The number of esters is 1. The first-order chi connectivity index (χ1) is 9.42. The average Bonchev–Trinajstić information content (AvgIpc) is 2.41. The van der Waals surface area contributed by atoms with E-state index in [4.69, 9.17) is 9.84 Å². The van der Waals surface area contributed by atoms with Crippen molar-refractivity contribution in [3.8, 4) is 0 Å². The monoisotopic (exact) mass is 276 g/mol. The van der Waals surface area contributed by atoms with Crippen molar-refractivity contribution in [2.24, 2.45) is 5.41 Å². The van der Waals surface area contributed by atoms with Crippen LogP contribution in [0.1, 0.15) is 60.2 Å². The summed E-state index contributed by atoms with van der Waals surface area (Å²) in [6.45, 7) is 4.18. The van der Waals surface area contributed by atoms with Crippen molar-refractivity contribution in [2.45, 2.75) is 45.6 Å². The van der Waals surface area contributed by atoms with E-state index in [2.05, 4.69) is 13.8 Å². The molecule has 1 saturated carbocycles. The Bertz CT molecular complexity index is 519. The highest BCUT2D eigenvalue weighted by atomic mass is 16.5. The van der Waals surface area contributed by atoms with Gasteiger partial charge in [-0.05, 0) is 31.4 Å². The largest absolute Gasteiger partial charge is 0.478 e. The molecule has 108 valence electrons. The van der Waals surface area contributed by atoms with E-state index in [-0.39, 0.29) is 22.6 Å². The van der Waals surface area contributed by atoms with E-state index >= 15 is 0 Å². The van der Waals surface area contributed by atoms with Crippen molar-refractivity contribution >= 4 is 11.9 Å². The average molecular weight is 276 g/mol. The molecule has 0 radical (unpaired) electrons. The zero-order valence-corrected chi connectivity index (χ0v) is 11.9. The Hall–Kier alpha value is -1.84. The predicted octanol–water partition coefficient (Wildman–Crippen LogP) is 3.51. The predicted molar refractivity (Wildman–Crippen MR) is 74.9 cm³/mol. The fourth-order valence-electron chi connectivity index (χ4n) is 2.72. The van der Waals surface area contributed by atoms with E-state index < -0.39 is 11.9 Å². The second kappa shape index (κ2) is 5.65. The van der Waals surface area contributed by atoms with E-state index in [1.54, 1.807) is 12.1 Å². The lowest BCUT2D eigenvalue weighted by Gasteiger charge is -2.37. The van der Waals surface area contributed by atoms with Gasteiger partial charge in [0.1, 0.15) is 6.10 Å². The van der Waals surface area contributed by atoms with E-state index in [1.807, 2.05) is 0 Å². The molecule has 1 aliphatic rings. The summed E-state index contributed by atoms with van der Waals surface area (Å²) in [6, 6.07) is 6.17. The second-order valence-corrected chi connectivity index (χ2v) is 5.98. The molecule has 1 fully saturated rings. The number of ether oxygens (including phenoxy) is 1. The Kier molecular flexibility index (Phi) is 4.12. The number of hydrogen-bond donors (Lipinski definition) is 1. The first-order valence-corrected chi connectivity index (χ1v) is 6.95. The first-order valence-electron chi connectivity index (χ1n) is 6.95. The summed E-state index contributed by atoms with van der Waals surface area (Å²) in [6.07, 6.45) is 3.90. The van der Waals surface area contributed by atoms with Crippen LogP contribution in [-0.2, 0) is 4.74 Å². The van der Waals surface area contributed by atoms with Gasteiger partial charge >= 0.3 is 11.9 Å². The van der Waals surface area contributed by atoms with Crippen molar-refractivity contribution in [1.82, 2.24) is 0 Å². The first kappa shape index (κ1) is 14.6. The van der Waals surface area contributed by atoms with Crippen LogP contribution in [0.3, 0.4) is 0 Å². The number of carboxylic acid groups (broad SMARTS) is 1. The standard InChI is InChI=1S/C16H20O4/c1-16(2)10-6-5-9-13(16)20-15(19)12-8-4-3-7-11(12)14(17)18/h3-4,7-8,13H,5-6,9-10H2,1-2H3,(H,17,18). The molecule has 4 nitrogen and oxygen atoms in total. The van der Waals surface area contributed by atoms with E-state index in [0.29, 0.717) is 0 Å². The van der Waals surface area contributed by atoms with Crippen molar-refractivity contribution in [3.05, 3.63) is 35.4 Å². The van der Waals surface area contributed by atoms with E-state index in [9.17, 15) is 9.59 Å². The summed E-state index contributed by atoms with van der Waals surface area (Å²) < 4.78 is 5.58. The van der Waals surface area contributed by atoms with Crippen molar-refractivity contribution in [3.63, 3.8) is 0 Å². The van der Waals surface area contributed by atoms with Gasteiger partial charge in [-0.15, -0.1) is 0 Å². The maximum atomic E-state index is 12.2. The molecule has 1 atom stereocenters. The number of rotatable bonds is 3. The number of carboxylic acids is 1. The highest BCUT2D eigenvalue weighted by Crippen LogP contribution is 2.37. The van der Waals surface area contributed by atoms with Crippen LogP contribution in [0.15, 0.2) is 24.3 Å². The second-order valence-electron chi connectivity index (χ2n) is 5.98. The molecule has 0 saturated heterocycles. The summed E-state index contributed by atoms with van der Waals surface area (Å²) >= 11 is 0. The molecule has 1 N–H and O–H groups in total. The van der Waals surface area contributed by atoms with Crippen LogP contribution < -0.4 is 0 Å². The molecular weight excluding hydrogens is 256 g/mol. The van der Waals surface area contributed by atoms with Gasteiger partial charge in [0.2, 0.25) is 0 Å². The minimum absolute atomic E-state index is 0.00823. The molecule has 0 aromatic heterocycles. The Morgan fingerprint density at radius 3 is 2.45 bits per heavy atom. The molecule has 20 heavy (non-hydrogen) atoms. The molecule has 1 unspecified atom stereocenters. The zero-order chi connectivity index (χ0) is 14.8. The minimum atomic E-state index is -1.11. The highest BCUT2D eigenvalue weighted by Gasteiger charge is 2.35. The summed E-state index contributed by atoms with van der Waals surface area (Å²) in [4.78, 5) is 23.4. The topological polar surface area (TPSA) is 63.6 Å². The molecular formula is C16H20O4. The van der Waals surface area contributed by atoms with Crippen LogP contribution in [0.4, 0.5) is 0 Å². The number of aromatic carboxylic acids is 1. The molecule has 1 aromatic rings. The van der Waals surface area contributed by atoms with E-state index in [1.165, 1.54) is 12.1 Å². The van der Waals surface area contributed by atoms with Gasteiger partial charge in [-0.25, -0.2) is 9.59 Å². The normalized spacial score (nSPS) is 21.2. The van der Waals surface area contributed by atoms with Gasteiger partial charge in [-0.3, -0.25) is 0 Å².